The molecule has 1 amide bonds. The number of amides is 1. The number of hydrogen-bond acceptors (Lipinski definition) is 5. The summed E-state index contributed by atoms with van der Waals surface area (Å²) in [5, 5.41) is 13.4. The lowest BCUT2D eigenvalue weighted by atomic mass is 10.2. The molecule has 0 aliphatic carbocycles. The minimum absolute atomic E-state index is 0.186. The predicted octanol–water partition coefficient (Wildman–Crippen LogP) is 2.76. The second-order valence-electron chi connectivity index (χ2n) is 5.22. The molecule has 3 heterocycles. The molecule has 0 spiro atoms. The Balaban J connectivity index is 1.56. The number of nitriles is 1. The zero-order valence-electron chi connectivity index (χ0n) is 12.1. The molecule has 1 aliphatic heterocycles. The Morgan fingerprint density at radius 1 is 1.18 bits per heavy atom. The van der Waals surface area contributed by atoms with E-state index in [0.717, 1.165) is 22.8 Å². The molecular weight excluding hydrogens is 314 g/mol. The van der Waals surface area contributed by atoms with Crippen LogP contribution in [0.5, 0.6) is 0 Å². The highest BCUT2D eigenvalue weighted by molar-refractivity contribution is 7.10. The van der Waals surface area contributed by atoms with Crippen LogP contribution >= 0.6 is 22.7 Å². The van der Waals surface area contributed by atoms with Gasteiger partial charge in [-0.1, -0.05) is 12.1 Å². The number of hydrogen-bond donors (Lipinski definition) is 0. The third-order valence-corrected chi connectivity index (χ3v) is 5.67. The molecule has 114 valence electrons. The fraction of sp³-hybridized carbons (Fsp3) is 0.375. The van der Waals surface area contributed by atoms with Crippen molar-refractivity contribution in [1.29, 1.82) is 5.26 Å². The van der Waals surface area contributed by atoms with Gasteiger partial charge in [-0.15, -0.1) is 22.7 Å². The Morgan fingerprint density at radius 3 is 2.50 bits per heavy atom. The van der Waals surface area contributed by atoms with Gasteiger partial charge in [-0.25, -0.2) is 0 Å². The maximum absolute atomic E-state index is 12.3. The number of nitrogens with zero attached hydrogens (tertiary/aromatic N) is 3. The van der Waals surface area contributed by atoms with E-state index < -0.39 is 0 Å². The Hall–Kier alpha value is -1.68. The minimum Gasteiger partial charge on any atom is -0.340 e. The van der Waals surface area contributed by atoms with Gasteiger partial charge in [0.2, 0.25) is 5.91 Å². The van der Waals surface area contributed by atoms with Gasteiger partial charge < -0.3 is 4.90 Å². The molecule has 0 saturated carbocycles. The summed E-state index contributed by atoms with van der Waals surface area (Å²) < 4.78 is 0. The summed E-state index contributed by atoms with van der Waals surface area (Å²) in [6, 6.07) is 10.2. The van der Waals surface area contributed by atoms with E-state index >= 15 is 0 Å². The van der Waals surface area contributed by atoms with Crippen LogP contribution in [0.2, 0.25) is 0 Å². The van der Waals surface area contributed by atoms with Crippen LogP contribution in [-0.2, 0) is 11.2 Å². The van der Waals surface area contributed by atoms with Gasteiger partial charge >= 0.3 is 0 Å². The maximum Gasteiger partial charge on any atom is 0.227 e. The third-order valence-electron chi connectivity index (χ3n) is 3.87. The standard InChI is InChI=1S/C16H17N3OS2/c17-12-14(15-4-2-10-22-15)18-5-7-19(8-6-18)16(20)11-13-3-1-9-21-13/h1-4,9-10,14H,5-8,11H2. The van der Waals surface area contributed by atoms with Crippen LogP contribution in [0.1, 0.15) is 15.8 Å². The van der Waals surface area contributed by atoms with Gasteiger partial charge in [0.15, 0.2) is 0 Å². The molecule has 0 N–H and O–H groups in total. The van der Waals surface area contributed by atoms with E-state index in [1.165, 1.54) is 0 Å². The normalized spacial score (nSPS) is 17.1. The molecular formula is C16H17N3OS2. The van der Waals surface area contributed by atoms with Gasteiger partial charge in [-0.3, -0.25) is 9.69 Å². The van der Waals surface area contributed by atoms with Gasteiger partial charge in [0.25, 0.3) is 0 Å². The first-order valence-corrected chi connectivity index (χ1v) is 9.01. The van der Waals surface area contributed by atoms with E-state index in [4.69, 9.17) is 0 Å². The number of piperazine rings is 1. The fourth-order valence-corrected chi connectivity index (χ4v) is 4.17. The van der Waals surface area contributed by atoms with Gasteiger partial charge in [0.05, 0.1) is 12.5 Å². The second kappa shape index (κ2) is 7.05. The number of carbonyl (C=O) groups excluding carboxylic acids is 1. The molecule has 1 fully saturated rings. The molecule has 1 unspecified atom stereocenters. The van der Waals surface area contributed by atoms with Crippen molar-refractivity contribution in [2.75, 3.05) is 26.2 Å². The molecule has 4 nitrogen and oxygen atoms in total. The topological polar surface area (TPSA) is 47.3 Å². The van der Waals surface area contributed by atoms with Gasteiger partial charge in [0.1, 0.15) is 6.04 Å². The largest absolute Gasteiger partial charge is 0.340 e. The van der Waals surface area contributed by atoms with Crippen molar-refractivity contribution in [3.8, 4) is 6.07 Å². The Kier molecular flexibility index (Phi) is 4.88. The third kappa shape index (κ3) is 3.38. The molecule has 3 rings (SSSR count). The van der Waals surface area contributed by atoms with Crippen molar-refractivity contribution < 1.29 is 4.79 Å². The fourth-order valence-electron chi connectivity index (χ4n) is 2.68. The first kappa shape index (κ1) is 15.2. The van der Waals surface area contributed by atoms with E-state index in [0.29, 0.717) is 19.5 Å². The monoisotopic (exact) mass is 331 g/mol. The molecule has 1 atom stereocenters. The Labute approximate surface area is 138 Å². The molecule has 2 aromatic rings. The zero-order chi connectivity index (χ0) is 15.4. The molecule has 22 heavy (non-hydrogen) atoms. The Morgan fingerprint density at radius 2 is 1.91 bits per heavy atom. The highest BCUT2D eigenvalue weighted by Crippen LogP contribution is 2.25. The van der Waals surface area contributed by atoms with Gasteiger partial charge in [-0.05, 0) is 22.9 Å². The van der Waals surface area contributed by atoms with Crippen LogP contribution < -0.4 is 0 Å². The van der Waals surface area contributed by atoms with Crippen LogP contribution in [-0.4, -0.2) is 41.9 Å². The SMILES string of the molecule is N#CC(c1cccs1)N1CCN(C(=O)Cc2cccs2)CC1. The highest BCUT2D eigenvalue weighted by Gasteiger charge is 2.27. The van der Waals surface area contributed by atoms with E-state index in [1.807, 2.05) is 39.9 Å². The number of carbonyl (C=O) groups is 1. The Bertz CT molecular complexity index is 637. The summed E-state index contributed by atoms with van der Waals surface area (Å²) in [7, 11) is 0. The van der Waals surface area contributed by atoms with Crippen molar-refractivity contribution in [3.63, 3.8) is 0 Å². The van der Waals surface area contributed by atoms with Crippen molar-refractivity contribution >= 4 is 28.6 Å². The molecule has 6 heteroatoms. The van der Waals surface area contributed by atoms with Gasteiger partial charge in [0, 0.05) is 35.9 Å². The first-order chi connectivity index (χ1) is 10.8. The van der Waals surface area contributed by atoms with Crippen molar-refractivity contribution in [2.45, 2.75) is 12.5 Å². The number of thiophene rings is 2. The summed E-state index contributed by atoms with van der Waals surface area (Å²) in [5.41, 5.74) is 0. The van der Waals surface area contributed by atoms with Crippen molar-refractivity contribution in [3.05, 3.63) is 44.8 Å². The molecule has 2 aromatic heterocycles. The maximum atomic E-state index is 12.3. The van der Waals surface area contributed by atoms with Crippen LogP contribution in [0, 0.1) is 11.3 Å². The lowest BCUT2D eigenvalue weighted by Gasteiger charge is -2.36. The van der Waals surface area contributed by atoms with Crippen LogP contribution in [0.15, 0.2) is 35.0 Å². The number of rotatable bonds is 4. The lowest BCUT2D eigenvalue weighted by molar-refractivity contribution is -0.132. The van der Waals surface area contributed by atoms with Crippen molar-refractivity contribution in [1.82, 2.24) is 9.80 Å². The van der Waals surface area contributed by atoms with Crippen molar-refractivity contribution in [2.24, 2.45) is 0 Å². The molecule has 1 aliphatic rings. The minimum atomic E-state index is -0.186. The quantitative estimate of drug-likeness (QED) is 0.865. The summed E-state index contributed by atoms with van der Waals surface area (Å²) in [6.07, 6.45) is 0.490. The zero-order valence-corrected chi connectivity index (χ0v) is 13.8. The van der Waals surface area contributed by atoms with Gasteiger partial charge in [-0.2, -0.15) is 5.26 Å². The lowest BCUT2D eigenvalue weighted by Crippen LogP contribution is -2.49. The molecule has 1 saturated heterocycles. The average Bonchev–Trinajstić information content (AvgIpc) is 3.22. The van der Waals surface area contributed by atoms with E-state index in [1.54, 1.807) is 22.7 Å². The smallest absolute Gasteiger partial charge is 0.227 e. The molecule has 0 aromatic carbocycles. The summed E-state index contributed by atoms with van der Waals surface area (Å²) >= 11 is 3.24. The highest BCUT2D eigenvalue weighted by atomic mass is 32.1. The van der Waals surface area contributed by atoms with Crippen LogP contribution in [0.3, 0.4) is 0 Å². The second-order valence-corrected chi connectivity index (χ2v) is 7.23. The average molecular weight is 331 g/mol. The summed E-state index contributed by atoms with van der Waals surface area (Å²) in [5.74, 6) is 0.187. The van der Waals surface area contributed by atoms with E-state index in [-0.39, 0.29) is 11.9 Å². The summed E-state index contributed by atoms with van der Waals surface area (Å²) in [6.45, 7) is 2.92. The first-order valence-electron chi connectivity index (χ1n) is 7.25. The summed E-state index contributed by atoms with van der Waals surface area (Å²) in [4.78, 5) is 18.6. The molecule has 0 radical (unpaired) electrons. The van der Waals surface area contributed by atoms with Crippen LogP contribution in [0.4, 0.5) is 0 Å². The predicted molar refractivity (Wildman–Crippen MR) is 88.8 cm³/mol. The molecule has 0 bridgehead atoms. The van der Waals surface area contributed by atoms with E-state index in [9.17, 15) is 10.1 Å². The van der Waals surface area contributed by atoms with Crippen LogP contribution in [0.25, 0.3) is 0 Å². The van der Waals surface area contributed by atoms with E-state index in [2.05, 4.69) is 11.0 Å².